The Hall–Kier alpha value is -0.360. The number of halogens is 2. The molecule has 0 aliphatic carbocycles. The van der Waals surface area contributed by atoms with Crippen LogP contribution in [0, 0.1) is 0 Å². The third-order valence-electron chi connectivity index (χ3n) is 1.00. The van der Waals surface area contributed by atoms with Crippen molar-refractivity contribution in [3.05, 3.63) is 23.5 Å². The molecule has 0 saturated carbocycles. The lowest BCUT2D eigenvalue weighted by Crippen LogP contribution is -1.99. The van der Waals surface area contributed by atoms with Crippen LogP contribution in [-0.4, -0.2) is 18.0 Å². The van der Waals surface area contributed by atoms with Gasteiger partial charge in [0.25, 0.3) is 10.1 Å². The number of pyridine rings is 1. The second-order valence-electron chi connectivity index (χ2n) is 1.77. The zero-order valence-corrected chi connectivity index (χ0v) is 8.03. The molecule has 1 heterocycles. The minimum Gasteiger partial charge on any atom is -0.282 e. The van der Waals surface area contributed by atoms with Crippen LogP contribution in [0.15, 0.2) is 23.2 Å². The maximum atomic E-state index is 10.5. The van der Waals surface area contributed by atoms with Crippen LogP contribution in [0.25, 0.3) is 0 Å². The van der Waals surface area contributed by atoms with Gasteiger partial charge < -0.3 is 0 Å². The fourth-order valence-corrected chi connectivity index (χ4v) is 1.49. The van der Waals surface area contributed by atoms with Crippen molar-refractivity contribution >= 4 is 34.1 Å². The van der Waals surface area contributed by atoms with Crippen LogP contribution in [-0.2, 0) is 10.1 Å². The van der Waals surface area contributed by atoms with Crippen LogP contribution >= 0.6 is 24.0 Å². The molecular weight excluding hydrogens is 225 g/mol. The number of aromatic nitrogens is 1. The lowest BCUT2D eigenvalue weighted by molar-refractivity contribution is 0.483. The summed E-state index contributed by atoms with van der Waals surface area (Å²) in [5, 5.41) is -0.227. The van der Waals surface area contributed by atoms with E-state index in [0.717, 1.165) is 0 Å². The number of hydrogen-bond donors (Lipinski definition) is 1. The first-order chi connectivity index (χ1) is 5.02. The third kappa shape index (κ3) is 2.60. The molecule has 1 aromatic rings. The lowest BCUT2D eigenvalue weighted by Gasteiger charge is -1.96. The van der Waals surface area contributed by atoms with Gasteiger partial charge in [0.2, 0.25) is 0 Å². The molecule has 0 spiro atoms. The molecular formula is C5H5Cl2NO3S. The van der Waals surface area contributed by atoms with Gasteiger partial charge in [-0.3, -0.25) is 4.55 Å². The minimum absolute atomic E-state index is 0. The van der Waals surface area contributed by atoms with Gasteiger partial charge in [0.05, 0.1) is 0 Å². The number of rotatable bonds is 1. The maximum Gasteiger partial charge on any atom is 0.297 e. The summed E-state index contributed by atoms with van der Waals surface area (Å²) >= 11 is 5.36. The van der Waals surface area contributed by atoms with Gasteiger partial charge in [0, 0.05) is 6.20 Å². The summed E-state index contributed by atoms with van der Waals surface area (Å²) in [5.74, 6) is 0. The Kier molecular flexibility index (Phi) is 3.92. The van der Waals surface area contributed by atoms with E-state index >= 15 is 0 Å². The Bertz CT molecular complexity index is 365. The van der Waals surface area contributed by atoms with Crippen LogP contribution < -0.4 is 0 Å². The molecule has 1 aromatic heterocycles. The minimum atomic E-state index is -4.23. The molecule has 0 aromatic carbocycles. The van der Waals surface area contributed by atoms with E-state index in [1.54, 1.807) is 0 Å². The Morgan fingerprint density at radius 1 is 1.50 bits per heavy atom. The van der Waals surface area contributed by atoms with Gasteiger partial charge in [0.1, 0.15) is 10.0 Å². The van der Waals surface area contributed by atoms with Crippen LogP contribution in [0.4, 0.5) is 0 Å². The summed E-state index contributed by atoms with van der Waals surface area (Å²) in [4.78, 5) is 3.10. The summed E-state index contributed by atoms with van der Waals surface area (Å²) in [6.45, 7) is 0. The predicted molar refractivity (Wildman–Crippen MR) is 46.3 cm³/mol. The standard InChI is InChI=1S/C5H4ClNO3S.ClH/c6-5-4(11(8,9)10)2-1-3-7-5;/h1-3H,(H,8,9,10);1H. The fraction of sp³-hybridized carbons (Fsp3) is 0. The van der Waals surface area contributed by atoms with E-state index in [9.17, 15) is 8.42 Å². The summed E-state index contributed by atoms with van der Waals surface area (Å²) in [6, 6.07) is 2.54. The average molecular weight is 230 g/mol. The molecule has 0 fully saturated rings. The van der Waals surface area contributed by atoms with Crippen molar-refractivity contribution in [3.63, 3.8) is 0 Å². The number of nitrogens with zero attached hydrogens (tertiary/aromatic N) is 1. The van der Waals surface area contributed by atoms with Crippen molar-refractivity contribution in [2.75, 3.05) is 0 Å². The molecule has 0 unspecified atom stereocenters. The van der Waals surface area contributed by atoms with E-state index in [0.29, 0.717) is 0 Å². The zero-order valence-electron chi connectivity index (χ0n) is 5.64. The highest BCUT2D eigenvalue weighted by Gasteiger charge is 2.13. The van der Waals surface area contributed by atoms with Crippen LogP contribution in [0.5, 0.6) is 0 Å². The molecule has 0 bridgehead atoms. The molecule has 1 rings (SSSR count). The van der Waals surface area contributed by atoms with Gasteiger partial charge in [-0.2, -0.15) is 8.42 Å². The summed E-state index contributed by atoms with van der Waals surface area (Å²) in [7, 11) is -4.23. The Balaban J connectivity index is 0.00000121. The van der Waals surface area contributed by atoms with Gasteiger partial charge in [-0.05, 0) is 12.1 Å². The molecule has 0 atom stereocenters. The van der Waals surface area contributed by atoms with E-state index in [2.05, 4.69) is 4.98 Å². The third-order valence-corrected chi connectivity index (χ3v) is 2.30. The Morgan fingerprint density at radius 2 is 2.08 bits per heavy atom. The molecule has 0 aliphatic heterocycles. The molecule has 7 heteroatoms. The van der Waals surface area contributed by atoms with Gasteiger partial charge in [-0.15, -0.1) is 12.4 Å². The summed E-state index contributed by atoms with van der Waals surface area (Å²) < 4.78 is 29.5. The Morgan fingerprint density at radius 3 is 2.42 bits per heavy atom. The zero-order chi connectivity index (χ0) is 8.48. The van der Waals surface area contributed by atoms with E-state index in [4.69, 9.17) is 16.2 Å². The molecule has 12 heavy (non-hydrogen) atoms. The highest BCUT2D eigenvalue weighted by Crippen LogP contribution is 2.16. The molecule has 68 valence electrons. The fourth-order valence-electron chi connectivity index (χ4n) is 0.564. The highest BCUT2D eigenvalue weighted by molar-refractivity contribution is 7.86. The summed E-state index contributed by atoms with van der Waals surface area (Å²) in [5.41, 5.74) is 0. The second-order valence-corrected chi connectivity index (χ2v) is 3.52. The molecule has 0 saturated heterocycles. The van der Waals surface area contributed by atoms with Crippen molar-refractivity contribution in [2.24, 2.45) is 0 Å². The van der Waals surface area contributed by atoms with Gasteiger partial charge in [-0.25, -0.2) is 4.98 Å². The first kappa shape index (κ1) is 11.6. The molecule has 1 N–H and O–H groups in total. The quantitative estimate of drug-likeness (QED) is 0.584. The maximum absolute atomic E-state index is 10.5. The summed E-state index contributed by atoms with van der Waals surface area (Å²) in [6.07, 6.45) is 1.33. The first-order valence-electron chi connectivity index (χ1n) is 2.60. The molecule has 4 nitrogen and oxygen atoms in total. The molecule has 0 amide bonds. The van der Waals surface area contributed by atoms with Crippen LogP contribution in [0.3, 0.4) is 0 Å². The van der Waals surface area contributed by atoms with E-state index in [1.807, 2.05) is 0 Å². The van der Waals surface area contributed by atoms with Crippen LogP contribution in [0.1, 0.15) is 0 Å². The average Bonchev–Trinajstić information content (AvgIpc) is 1.86. The SMILES string of the molecule is Cl.O=S(=O)(O)c1cccnc1Cl. The highest BCUT2D eigenvalue weighted by atomic mass is 35.5. The Labute approximate surface area is 80.7 Å². The van der Waals surface area contributed by atoms with Gasteiger partial charge in [-0.1, -0.05) is 11.6 Å². The van der Waals surface area contributed by atoms with Crippen molar-refractivity contribution in [1.82, 2.24) is 4.98 Å². The lowest BCUT2D eigenvalue weighted by atomic mass is 10.5. The monoisotopic (exact) mass is 229 g/mol. The van der Waals surface area contributed by atoms with E-state index in [-0.39, 0.29) is 22.5 Å². The van der Waals surface area contributed by atoms with Gasteiger partial charge in [0.15, 0.2) is 0 Å². The smallest absolute Gasteiger partial charge is 0.282 e. The first-order valence-corrected chi connectivity index (χ1v) is 4.41. The molecule has 0 radical (unpaired) electrons. The van der Waals surface area contributed by atoms with Gasteiger partial charge >= 0.3 is 0 Å². The normalized spacial score (nSPS) is 10.5. The topological polar surface area (TPSA) is 67.3 Å². The van der Waals surface area contributed by atoms with E-state index in [1.165, 1.54) is 18.3 Å². The van der Waals surface area contributed by atoms with Crippen molar-refractivity contribution in [3.8, 4) is 0 Å². The van der Waals surface area contributed by atoms with Crippen molar-refractivity contribution in [1.29, 1.82) is 0 Å². The van der Waals surface area contributed by atoms with E-state index < -0.39 is 10.1 Å². The van der Waals surface area contributed by atoms with Crippen LogP contribution in [0.2, 0.25) is 5.15 Å². The molecule has 0 aliphatic rings. The van der Waals surface area contributed by atoms with Crippen molar-refractivity contribution < 1.29 is 13.0 Å². The largest absolute Gasteiger partial charge is 0.297 e. The number of hydrogen-bond acceptors (Lipinski definition) is 3. The predicted octanol–water partition coefficient (Wildman–Crippen LogP) is 1.40. The van der Waals surface area contributed by atoms with Crippen molar-refractivity contribution in [2.45, 2.75) is 4.90 Å². The second kappa shape index (κ2) is 4.04.